The van der Waals surface area contributed by atoms with Gasteiger partial charge in [0.1, 0.15) is 11.9 Å². The van der Waals surface area contributed by atoms with Gasteiger partial charge in [-0.3, -0.25) is 4.79 Å². The van der Waals surface area contributed by atoms with Crippen LogP contribution in [0.1, 0.15) is 11.1 Å². The van der Waals surface area contributed by atoms with Crippen LogP contribution in [0, 0.1) is 12.7 Å². The van der Waals surface area contributed by atoms with Crippen LogP contribution in [-0.2, 0) is 21.2 Å². The van der Waals surface area contributed by atoms with E-state index in [-0.39, 0.29) is 22.8 Å². The Morgan fingerprint density at radius 2 is 1.67 bits per heavy atom. The van der Waals surface area contributed by atoms with Crippen molar-refractivity contribution < 1.29 is 27.1 Å². The number of carbonyl (C=O) groups is 1. The highest BCUT2D eigenvalue weighted by molar-refractivity contribution is 7.89. The average Bonchev–Trinajstić information content (AvgIpc) is 2.81. The molecule has 0 unspecified atom stereocenters. The summed E-state index contributed by atoms with van der Waals surface area (Å²) in [5, 5.41) is 2.64. The molecule has 0 aromatic heterocycles. The lowest BCUT2D eigenvalue weighted by Gasteiger charge is -2.20. The third kappa shape index (κ3) is 6.09. The van der Waals surface area contributed by atoms with Crippen molar-refractivity contribution >= 4 is 21.6 Å². The first kappa shape index (κ1) is 24.2. The average molecular weight is 473 g/mol. The molecule has 0 heterocycles. The van der Waals surface area contributed by atoms with Crippen molar-refractivity contribution in [3.63, 3.8) is 0 Å². The molecule has 0 saturated carbocycles. The van der Waals surface area contributed by atoms with Crippen molar-refractivity contribution in [2.24, 2.45) is 0 Å². The molecule has 0 aliphatic carbocycles. The molecule has 1 amide bonds. The van der Waals surface area contributed by atoms with E-state index in [4.69, 9.17) is 9.47 Å². The summed E-state index contributed by atoms with van der Waals surface area (Å²) in [7, 11) is -1.27. The van der Waals surface area contributed by atoms with Crippen molar-refractivity contribution in [2.45, 2.75) is 24.3 Å². The lowest BCUT2D eigenvalue weighted by Crippen LogP contribution is -2.45. The summed E-state index contributed by atoms with van der Waals surface area (Å²) in [6, 6.07) is 16.0. The van der Waals surface area contributed by atoms with E-state index in [1.54, 1.807) is 31.2 Å². The summed E-state index contributed by atoms with van der Waals surface area (Å²) in [4.78, 5) is 13.0. The Kier molecular flexibility index (Phi) is 7.67. The predicted octanol–water partition coefficient (Wildman–Crippen LogP) is 3.68. The van der Waals surface area contributed by atoms with Crippen LogP contribution >= 0.6 is 0 Å². The van der Waals surface area contributed by atoms with E-state index in [2.05, 4.69) is 10.0 Å². The quantitative estimate of drug-likeness (QED) is 0.496. The number of benzene rings is 3. The van der Waals surface area contributed by atoms with Crippen LogP contribution in [0.5, 0.6) is 11.5 Å². The molecule has 0 fully saturated rings. The van der Waals surface area contributed by atoms with Crippen LogP contribution in [-0.4, -0.2) is 34.6 Å². The number of anilines is 1. The Morgan fingerprint density at radius 1 is 0.970 bits per heavy atom. The smallest absolute Gasteiger partial charge is 0.242 e. The van der Waals surface area contributed by atoms with Gasteiger partial charge in [-0.2, -0.15) is 4.72 Å². The summed E-state index contributed by atoms with van der Waals surface area (Å²) in [6.45, 7) is 1.72. The van der Waals surface area contributed by atoms with Gasteiger partial charge < -0.3 is 14.8 Å². The molecule has 174 valence electrons. The Bertz CT molecular complexity index is 1230. The third-order valence-electron chi connectivity index (χ3n) is 5.02. The number of hydrogen-bond acceptors (Lipinski definition) is 5. The summed E-state index contributed by atoms with van der Waals surface area (Å²) < 4.78 is 52.8. The SMILES string of the molecule is COc1ccc(S(=O)(=O)N[C@H](Cc2ccccc2)C(=O)Nc2cc(F)ccc2C)cc1OC. The number of methoxy groups -OCH3 is 2. The fourth-order valence-electron chi connectivity index (χ4n) is 3.23. The fourth-order valence-corrected chi connectivity index (χ4v) is 4.44. The number of ether oxygens (including phenoxy) is 2. The zero-order chi connectivity index (χ0) is 24.0. The number of carbonyl (C=O) groups excluding carboxylic acids is 1. The molecule has 0 aliphatic heterocycles. The highest BCUT2D eigenvalue weighted by Crippen LogP contribution is 2.29. The zero-order valence-corrected chi connectivity index (χ0v) is 19.3. The first-order chi connectivity index (χ1) is 15.7. The van der Waals surface area contributed by atoms with Crippen molar-refractivity contribution in [3.05, 3.63) is 83.7 Å². The Hall–Kier alpha value is -3.43. The Morgan fingerprint density at radius 3 is 2.33 bits per heavy atom. The van der Waals surface area contributed by atoms with E-state index >= 15 is 0 Å². The highest BCUT2D eigenvalue weighted by atomic mass is 32.2. The maximum Gasteiger partial charge on any atom is 0.242 e. The van der Waals surface area contributed by atoms with Crippen LogP contribution < -0.4 is 19.5 Å². The number of aryl methyl sites for hydroxylation is 1. The van der Waals surface area contributed by atoms with E-state index in [9.17, 15) is 17.6 Å². The summed E-state index contributed by atoms with van der Waals surface area (Å²) in [5.74, 6) is -0.519. The van der Waals surface area contributed by atoms with Gasteiger partial charge in [0, 0.05) is 11.8 Å². The molecule has 2 N–H and O–H groups in total. The van der Waals surface area contributed by atoms with Gasteiger partial charge in [0.05, 0.1) is 19.1 Å². The first-order valence-corrected chi connectivity index (χ1v) is 11.6. The predicted molar refractivity (Wildman–Crippen MR) is 124 cm³/mol. The number of sulfonamides is 1. The largest absolute Gasteiger partial charge is 0.493 e. The molecule has 7 nitrogen and oxygen atoms in total. The van der Waals surface area contributed by atoms with Crippen LogP contribution in [0.15, 0.2) is 71.6 Å². The normalized spacial score (nSPS) is 12.1. The molecular formula is C24H25FN2O5S. The topological polar surface area (TPSA) is 93.7 Å². The molecule has 33 heavy (non-hydrogen) atoms. The molecule has 0 spiro atoms. The van der Waals surface area contributed by atoms with E-state index in [1.807, 2.05) is 6.07 Å². The molecule has 3 aromatic rings. The number of hydrogen-bond donors (Lipinski definition) is 2. The van der Waals surface area contributed by atoms with Crippen molar-refractivity contribution in [1.29, 1.82) is 0 Å². The van der Waals surface area contributed by atoms with E-state index < -0.39 is 27.8 Å². The van der Waals surface area contributed by atoms with Gasteiger partial charge in [0.25, 0.3) is 0 Å². The summed E-state index contributed by atoms with van der Waals surface area (Å²) >= 11 is 0. The lowest BCUT2D eigenvalue weighted by atomic mass is 10.1. The van der Waals surface area contributed by atoms with Crippen molar-refractivity contribution in [1.82, 2.24) is 4.72 Å². The minimum Gasteiger partial charge on any atom is -0.493 e. The van der Waals surface area contributed by atoms with Gasteiger partial charge in [-0.1, -0.05) is 36.4 Å². The minimum absolute atomic E-state index is 0.0899. The molecule has 0 bridgehead atoms. The Balaban J connectivity index is 1.92. The van der Waals surface area contributed by atoms with Gasteiger partial charge in [-0.05, 0) is 48.7 Å². The third-order valence-corrected chi connectivity index (χ3v) is 6.49. The molecule has 3 rings (SSSR count). The summed E-state index contributed by atoms with van der Waals surface area (Å²) in [6.07, 6.45) is 0.0908. The van der Waals surface area contributed by atoms with Gasteiger partial charge in [0.15, 0.2) is 11.5 Å². The monoisotopic (exact) mass is 472 g/mol. The van der Waals surface area contributed by atoms with Crippen LogP contribution in [0.4, 0.5) is 10.1 Å². The maximum atomic E-state index is 13.7. The molecular weight excluding hydrogens is 447 g/mol. The zero-order valence-electron chi connectivity index (χ0n) is 18.5. The van der Waals surface area contributed by atoms with Gasteiger partial charge in [-0.25, -0.2) is 12.8 Å². The molecule has 0 aliphatic rings. The number of amides is 1. The van der Waals surface area contributed by atoms with E-state index in [1.165, 1.54) is 50.6 Å². The minimum atomic E-state index is -4.11. The second-order valence-corrected chi connectivity index (χ2v) is 9.04. The Labute approximate surface area is 192 Å². The van der Waals surface area contributed by atoms with Gasteiger partial charge >= 0.3 is 0 Å². The molecule has 1 atom stereocenters. The van der Waals surface area contributed by atoms with Crippen molar-refractivity contribution in [2.75, 3.05) is 19.5 Å². The van der Waals surface area contributed by atoms with E-state index in [0.717, 1.165) is 5.56 Å². The number of halogens is 1. The highest BCUT2D eigenvalue weighted by Gasteiger charge is 2.27. The van der Waals surface area contributed by atoms with Crippen LogP contribution in [0.2, 0.25) is 0 Å². The molecule has 0 saturated heterocycles. The summed E-state index contributed by atoms with van der Waals surface area (Å²) in [5.41, 5.74) is 1.66. The lowest BCUT2D eigenvalue weighted by molar-refractivity contribution is -0.117. The molecule has 3 aromatic carbocycles. The number of nitrogens with one attached hydrogen (secondary N) is 2. The number of rotatable bonds is 9. The second kappa shape index (κ2) is 10.5. The first-order valence-electron chi connectivity index (χ1n) is 10.1. The standard InChI is InChI=1S/C24H25FN2O5S/c1-16-9-10-18(25)14-20(16)26-24(28)21(13-17-7-5-4-6-8-17)27-33(29,30)19-11-12-22(31-2)23(15-19)32-3/h4-12,14-15,21,27H,13H2,1-3H3,(H,26,28)/t21-/m1/s1. The maximum absolute atomic E-state index is 13.7. The molecule has 0 radical (unpaired) electrons. The van der Waals surface area contributed by atoms with Crippen molar-refractivity contribution in [3.8, 4) is 11.5 Å². The van der Waals surface area contributed by atoms with Crippen LogP contribution in [0.25, 0.3) is 0 Å². The van der Waals surface area contributed by atoms with Crippen LogP contribution in [0.3, 0.4) is 0 Å². The molecule has 9 heteroatoms. The van der Waals surface area contributed by atoms with Gasteiger partial charge in [-0.15, -0.1) is 0 Å². The van der Waals surface area contributed by atoms with E-state index in [0.29, 0.717) is 11.3 Å². The fraction of sp³-hybridized carbons (Fsp3) is 0.208. The second-order valence-electron chi connectivity index (χ2n) is 7.33. The van der Waals surface area contributed by atoms with Gasteiger partial charge in [0.2, 0.25) is 15.9 Å².